The van der Waals surface area contributed by atoms with E-state index >= 15 is 0 Å². The topological polar surface area (TPSA) is 91.3 Å². The van der Waals surface area contributed by atoms with Crippen LogP contribution in [0.5, 0.6) is 0 Å². The molecule has 6 heteroatoms. The minimum absolute atomic E-state index is 0.0965. The molecule has 0 aliphatic carbocycles. The summed E-state index contributed by atoms with van der Waals surface area (Å²) in [6.45, 7) is 4.15. The molecule has 0 bridgehead atoms. The highest BCUT2D eigenvalue weighted by atomic mass is 16.2. The highest BCUT2D eigenvalue weighted by Gasteiger charge is 2.11. The highest BCUT2D eigenvalue weighted by Crippen LogP contribution is 2.04. The molecule has 1 aromatic heterocycles. The van der Waals surface area contributed by atoms with Crippen molar-refractivity contribution < 1.29 is 14.7 Å². The van der Waals surface area contributed by atoms with E-state index < -0.39 is 5.91 Å². The number of hydrogen-bond donors (Lipinski definition) is 3. The van der Waals surface area contributed by atoms with Crippen LogP contribution in [0.1, 0.15) is 29.8 Å². The van der Waals surface area contributed by atoms with Crippen molar-refractivity contribution in [3.8, 4) is 11.8 Å². The van der Waals surface area contributed by atoms with E-state index in [-0.39, 0.29) is 19.1 Å². The maximum Gasteiger partial charge on any atom is 0.253 e. The van der Waals surface area contributed by atoms with Gasteiger partial charge in [-0.1, -0.05) is 25.7 Å². The number of amides is 2. The number of rotatable bonds is 5. The lowest BCUT2D eigenvalue weighted by Crippen LogP contribution is -2.38. The molecule has 0 saturated heterocycles. The first-order chi connectivity index (χ1) is 10.0. The summed E-state index contributed by atoms with van der Waals surface area (Å²) in [4.78, 5) is 27.4. The van der Waals surface area contributed by atoms with E-state index in [0.717, 1.165) is 0 Å². The van der Waals surface area contributed by atoms with E-state index in [2.05, 4.69) is 27.5 Å². The Morgan fingerprint density at radius 2 is 2.14 bits per heavy atom. The van der Waals surface area contributed by atoms with Crippen molar-refractivity contribution in [1.29, 1.82) is 0 Å². The number of pyridine rings is 1. The molecule has 2 amide bonds. The summed E-state index contributed by atoms with van der Waals surface area (Å²) in [6, 6.07) is 1.52. The summed E-state index contributed by atoms with van der Waals surface area (Å²) in [5, 5.41) is 13.9. The van der Waals surface area contributed by atoms with Crippen LogP contribution in [0.15, 0.2) is 18.5 Å². The molecule has 0 fully saturated rings. The third-order valence-electron chi connectivity index (χ3n) is 2.48. The largest absolute Gasteiger partial charge is 0.384 e. The second-order valence-corrected chi connectivity index (χ2v) is 4.76. The molecule has 0 atom stereocenters. The van der Waals surface area contributed by atoms with E-state index in [1.165, 1.54) is 18.5 Å². The molecule has 3 N–H and O–H groups in total. The molecule has 112 valence electrons. The second kappa shape index (κ2) is 8.72. The molecule has 6 nitrogen and oxygen atoms in total. The molecule has 0 aliphatic rings. The number of carbonyl (C=O) groups is 2. The maximum atomic E-state index is 12.0. The maximum absolute atomic E-state index is 12.0. The fraction of sp³-hybridized carbons (Fsp3) is 0.400. The Morgan fingerprint density at radius 1 is 1.38 bits per heavy atom. The van der Waals surface area contributed by atoms with E-state index in [4.69, 9.17) is 5.11 Å². The average Bonchev–Trinajstić information content (AvgIpc) is 2.48. The van der Waals surface area contributed by atoms with E-state index in [9.17, 15) is 9.59 Å². The minimum atomic E-state index is -0.403. The Morgan fingerprint density at radius 3 is 2.81 bits per heavy atom. The lowest BCUT2D eigenvalue weighted by atomic mass is 10.1. The first kappa shape index (κ1) is 16.7. The van der Waals surface area contributed by atoms with Gasteiger partial charge in [0.25, 0.3) is 5.91 Å². The van der Waals surface area contributed by atoms with Crippen molar-refractivity contribution in [2.45, 2.75) is 13.8 Å². The molecule has 0 spiro atoms. The fourth-order valence-corrected chi connectivity index (χ4v) is 1.46. The molecule has 0 saturated carbocycles. The molecule has 1 aromatic rings. The molecule has 0 unspecified atom stereocenters. The van der Waals surface area contributed by atoms with Gasteiger partial charge in [-0.3, -0.25) is 14.6 Å². The molecule has 21 heavy (non-hydrogen) atoms. The number of aliphatic hydroxyl groups excluding tert-OH is 1. The van der Waals surface area contributed by atoms with E-state index in [1.54, 1.807) is 0 Å². The minimum Gasteiger partial charge on any atom is -0.384 e. The van der Waals surface area contributed by atoms with Gasteiger partial charge < -0.3 is 15.7 Å². The Balaban J connectivity index is 2.62. The zero-order valence-electron chi connectivity index (χ0n) is 12.1. The van der Waals surface area contributed by atoms with Crippen LogP contribution in [-0.2, 0) is 4.79 Å². The molecular weight excluding hydrogens is 270 g/mol. The van der Waals surface area contributed by atoms with Gasteiger partial charge in [0, 0.05) is 18.9 Å². The zero-order valence-corrected chi connectivity index (χ0v) is 12.1. The Bertz CT molecular complexity index is 559. The summed E-state index contributed by atoms with van der Waals surface area (Å²) in [5.41, 5.74) is 0.731. The number of hydrogen-bond acceptors (Lipinski definition) is 4. The van der Waals surface area contributed by atoms with Gasteiger partial charge in [-0.15, -0.1) is 0 Å². The first-order valence-electron chi connectivity index (χ1n) is 6.63. The lowest BCUT2D eigenvalue weighted by molar-refractivity contribution is -0.120. The summed E-state index contributed by atoms with van der Waals surface area (Å²) < 4.78 is 0. The standard InChI is InChI=1S/C15H19N3O3/c1-11(2)8-17-14(20)10-18-15(21)13-5-6-16-9-12(13)4-3-7-19/h5-6,9,11,19H,7-8,10H2,1-2H3,(H,17,20)(H,18,21). The predicted molar refractivity (Wildman–Crippen MR) is 78.4 cm³/mol. The highest BCUT2D eigenvalue weighted by molar-refractivity contribution is 5.98. The van der Waals surface area contributed by atoms with Crippen LogP contribution in [0.4, 0.5) is 0 Å². The number of aromatic nitrogens is 1. The molecule has 0 aliphatic heterocycles. The summed E-state index contributed by atoms with van der Waals surface area (Å²) in [5.74, 6) is 4.82. The predicted octanol–water partition coefficient (Wildman–Crippen LogP) is -0.0726. The number of carbonyl (C=O) groups excluding carboxylic acids is 2. The summed E-state index contributed by atoms with van der Waals surface area (Å²) >= 11 is 0. The van der Waals surface area contributed by atoms with Gasteiger partial charge in [0.05, 0.1) is 17.7 Å². The van der Waals surface area contributed by atoms with Crippen molar-refractivity contribution in [1.82, 2.24) is 15.6 Å². The van der Waals surface area contributed by atoms with Gasteiger partial charge in [-0.05, 0) is 12.0 Å². The van der Waals surface area contributed by atoms with Crippen molar-refractivity contribution in [2.24, 2.45) is 5.92 Å². The quantitative estimate of drug-likeness (QED) is 0.662. The third kappa shape index (κ3) is 6.06. The SMILES string of the molecule is CC(C)CNC(=O)CNC(=O)c1ccncc1C#CCO. The van der Waals surface area contributed by atoms with Gasteiger partial charge in [0.2, 0.25) is 5.91 Å². The van der Waals surface area contributed by atoms with Crippen LogP contribution in [-0.4, -0.2) is 41.6 Å². The normalized spacial score (nSPS) is 9.71. The zero-order chi connectivity index (χ0) is 15.7. The van der Waals surface area contributed by atoms with Crippen molar-refractivity contribution in [3.05, 3.63) is 29.6 Å². The fourth-order valence-electron chi connectivity index (χ4n) is 1.46. The number of nitrogens with one attached hydrogen (secondary N) is 2. The third-order valence-corrected chi connectivity index (χ3v) is 2.48. The molecular formula is C15H19N3O3. The molecule has 0 radical (unpaired) electrons. The van der Waals surface area contributed by atoms with Gasteiger partial charge in [0.15, 0.2) is 0 Å². The van der Waals surface area contributed by atoms with E-state index in [1.807, 2.05) is 13.8 Å². The van der Waals surface area contributed by atoms with Gasteiger partial charge >= 0.3 is 0 Å². The summed E-state index contributed by atoms with van der Waals surface area (Å²) in [6.07, 6.45) is 2.91. The Kier molecular flexibility index (Phi) is 6.92. The molecule has 0 aromatic carbocycles. The van der Waals surface area contributed by atoms with Crippen molar-refractivity contribution in [2.75, 3.05) is 19.7 Å². The molecule has 1 heterocycles. The Hall–Kier alpha value is -2.39. The van der Waals surface area contributed by atoms with Crippen molar-refractivity contribution >= 4 is 11.8 Å². The summed E-state index contributed by atoms with van der Waals surface area (Å²) in [7, 11) is 0. The lowest BCUT2D eigenvalue weighted by Gasteiger charge is -2.09. The van der Waals surface area contributed by atoms with Gasteiger partial charge in [0.1, 0.15) is 6.61 Å². The number of aliphatic hydroxyl groups is 1. The smallest absolute Gasteiger partial charge is 0.253 e. The van der Waals surface area contributed by atoms with Crippen LogP contribution in [0.2, 0.25) is 0 Å². The second-order valence-electron chi connectivity index (χ2n) is 4.76. The number of nitrogens with zero attached hydrogens (tertiary/aromatic N) is 1. The monoisotopic (exact) mass is 289 g/mol. The van der Waals surface area contributed by atoms with Crippen LogP contribution in [0, 0.1) is 17.8 Å². The van der Waals surface area contributed by atoms with E-state index in [0.29, 0.717) is 23.6 Å². The van der Waals surface area contributed by atoms with Crippen LogP contribution in [0.25, 0.3) is 0 Å². The average molecular weight is 289 g/mol. The van der Waals surface area contributed by atoms with Gasteiger partial charge in [-0.25, -0.2) is 0 Å². The van der Waals surface area contributed by atoms with Crippen LogP contribution in [0.3, 0.4) is 0 Å². The van der Waals surface area contributed by atoms with Crippen molar-refractivity contribution in [3.63, 3.8) is 0 Å². The Labute approximate surface area is 124 Å². The molecule has 1 rings (SSSR count). The van der Waals surface area contributed by atoms with Crippen LogP contribution >= 0.6 is 0 Å². The van der Waals surface area contributed by atoms with Gasteiger partial charge in [-0.2, -0.15) is 0 Å². The first-order valence-corrected chi connectivity index (χ1v) is 6.63. The van der Waals surface area contributed by atoms with Crippen LogP contribution < -0.4 is 10.6 Å².